The molecule has 0 amide bonds. The molecule has 56 valence electrons. The summed E-state index contributed by atoms with van der Waals surface area (Å²) in [6.45, 7) is 0. The summed E-state index contributed by atoms with van der Waals surface area (Å²) in [7, 11) is 0. The van der Waals surface area contributed by atoms with Crippen molar-refractivity contribution in [2.24, 2.45) is 0 Å². The van der Waals surface area contributed by atoms with Crippen molar-refractivity contribution < 1.29 is 0 Å². The zero-order chi connectivity index (χ0) is 7.84. The highest BCUT2D eigenvalue weighted by molar-refractivity contribution is 5.79. The van der Waals surface area contributed by atoms with E-state index in [9.17, 15) is 4.79 Å². The van der Waals surface area contributed by atoms with Gasteiger partial charge in [-0.25, -0.2) is 9.89 Å². The summed E-state index contributed by atoms with van der Waals surface area (Å²) in [4.78, 5) is 16.5. The molecule has 0 aliphatic carbocycles. The van der Waals surface area contributed by atoms with Crippen LogP contribution in [0.4, 0.5) is 5.82 Å². The molecule has 0 fully saturated rings. The van der Waals surface area contributed by atoms with Crippen LogP contribution in [0.1, 0.15) is 0 Å². The van der Waals surface area contributed by atoms with Crippen molar-refractivity contribution in [3.8, 4) is 0 Å². The molecule has 7 nitrogen and oxygen atoms in total. The maximum atomic E-state index is 10.7. The summed E-state index contributed by atoms with van der Waals surface area (Å²) in [5.74, 6) is 0.0810. The number of nitrogen functional groups attached to an aromatic ring is 1. The van der Waals surface area contributed by atoms with E-state index in [0.717, 1.165) is 0 Å². The van der Waals surface area contributed by atoms with Gasteiger partial charge in [0.1, 0.15) is 0 Å². The maximum Gasteiger partial charge on any atom is 0.348 e. The second-order valence-corrected chi connectivity index (χ2v) is 1.96. The summed E-state index contributed by atoms with van der Waals surface area (Å²) in [5, 5.41) is 9.50. The monoisotopic (exact) mass is 152 g/mol. The first-order valence-electron chi connectivity index (χ1n) is 2.84. The quantitative estimate of drug-likeness (QED) is 0.430. The molecule has 0 atom stereocenters. The van der Waals surface area contributed by atoms with Crippen molar-refractivity contribution in [2.75, 3.05) is 5.73 Å². The number of rotatable bonds is 0. The molecule has 0 radical (unpaired) electrons. The van der Waals surface area contributed by atoms with Gasteiger partial charge in [0, 0.05) is 0 Å². The fourth-order valence-corrected chi connectivity index (χ4v) is 0.792. The van der Waals surface area contributed by atoms with E-state index in [-0.39, 0.29) is 5.82 Å². The van der Waals surface area contributed by atoms with Gasteiger partial charge in [-0.1, -0.05) is 5.21 Å². The van der Waals surface area contributed by atoms with Crippen molar-refractivity contribution in [1.82, 2.24) is 25.4 Å². The first-order valence-corrected chi connectivity index (χ1v) is 2.84. The fraction of sp³-hybridized carbons (Fsp3) is 0. The normalized spacial score (nSPS) is 10.5. The molecule has 0 unspecified atom stereocenters. The number of hydrogen-bond acceptors (Lipinski definition) is 5. The third-order valence-electron chi connectivity index (χ3n) is 1.25. The number of aromatic amines is 2. The molecule has 4 N–H and O–H groups in total. The van der Waals surface area contributed by atoms with E-state index in [1.165, 1.54) is 0 Å². The predicted octanol–water partition coefficient (Wildman–Crippen LogP) is -1.38. The van der Waals surface area contributed by atoms with E-state index in [1.54, 1.807) is 0 Å². The number of nitrogens with zero attached hydrogens (tertiary/aromatic N) is 3. The number of H-pyrrole nitrogens is 2. The highest BCUT2D eigenvalue weighted by Crippen LogP contribution is 2.05. The molecule has 11 heavy (non-hydrogen) atoms. The van der Waals surface area contributed by atoms with Crippen LogP contribution >= 0.6 is 0 Å². The second-order valence-electron chi connectivity index (χ2n) is 1.96. The van der Waals surface area contributed by atoms with E-state index in [2.05, 4.69) is 25.4 Å². The van der Waals surface area contributed by atoms with Crippen molar-refractivity contribution in [3.05, 3.63) is 10.5 Å². The highest BCUT2D eigenvalue weighted by Gasteiger charge is 2.03. The van der Waals surface area contributed by atoms with E-state index < -0.39 is 5.69 Å². The van der Waals surface area contributed by atoms with Crippen LogP contribution in [0.15, 0.2) is 4.79 Å². The Labute approximate surface area is 59.6 Å². The van der Waals surface area contributed by atoms with Crippen LogP contribution in [0.2, 0.25) is 0 Å². The van der Waals surface area contributed by atoms with E-state index >= 15 is 0 Å². The average molecular weight is 152 g/mol. The number of fused-ring (bicyclic) bond motifs is 1. The number of aromatic nitrogens is 5. The lowest BCUT2D eigenvalue weighted by atomic mass is 10.5. The molecule has 2 rings (SSSR count). The fourth-order valence-electron chi connectivity index (χ4n) is 0.792. The van der Waals surface area contributed by atoms with E-state index in [4.69, 9.17) is 5.73 Å². The summed E-state index contributed by atoms with van der Waals surface area (Å²) in [5.41, 5.74) is 5.61. The Kier molecular flexibility index (Phi) is 0.945. The first kappa shape index (κ1) is 5.83. The molecule has 0 spiro atoms. The van der Waals surface area contributed by atoms with Crippen molar-refractivity contribution in [3.63, 3.8) is 0 Å². The Morgan fingerprint density at radius 1 is 1.45 bits per heavy atom. The zero-order valence-corrected chi connectivity index (χ0v) is 5.33. The molecule has 2 heterocycles. The summed E-state index contributed by atoms with van der Waals surface area (Å²) in [6.07, 6.45) is 0. The summed E-state index contributed by atoms with van der Waals surface area (Å²) < 4.78 is 0. The molecule has 0 bridgehead atoms. The van der Waals surface area contributed by atoms with Gasteiger partial charge in [-0.3, -0.25) is 4.98 Å². The van der Waals surface area contributed by atoms with Crippen LogP contribution in [0.25, 0.3) is 11.2 Å². The number of nitrogens with one attached hydrogen (secondary N) is 2. The lowest BCUT2D eigenvalue weighted by Crippen LogP contribution is -2.12. The first-order chi connectivity index (χ1) is 5.27. The molecule has 2 aromatic rings. The zero-order valence-electron chi connectivity index (χ0n) is 5.33. The van der Waals surface area contributed by atoms with E-state index in [0.29, 0.717) is 11.2 Å². The van der Waals surface area contributed by atoms with Gasteiger partial charge in [0.2, 0.25) is 0 Å². The van der Waals surface area contributed by atoms with E-state index in [1.807, 2.05) is 0 Å². The van der Waals surface area contributed by atoms with Crippen LogP contribution in [0.5, 0.6) is 0 Å². The number of hydrogen-bond donors (Lipinski definition) is 3. The predicted molar refractivity (Wildman–Crippen MR) is 36.7 cm³/mol. The third kappa shape index (κ3) is 0.741. The van der Waals surface area contributed by atoms with Crippen LogP contribution < -0.4 is 11.4 Å². The largest absolute Gasteiger partial charge is 0.382 e. The van der Waals surface area contributed by atoms with Gasteiger partial charge >= 0.3 is 5.69 Å². The van der Waals surface area contributed by atoms with Gasteiger partial charge in [0.25, 0.3) is 0 Å². The molecule has 0 saturated carbocycles. The van der Waals surface area contributed by atoms with Crippen LogP contribution in [-0.4, -0.2) is 25.4 Å². The van der Waals surface area contributed by atoms with Gasteiger partial charge in [-0.2, -0.15) is 4.98 Å². The lowest BCUT2D eigenvalue weighted by molar-refractivity contribution is 0.953. The summed E-state index contributed by atoms with van der Waals surface area (Å²) in [6, 6.07) is 0. The maximum absolute atomic E-state index is 10.7. The minimum Gasteiger partial charge on any atom is -0.382 e. The van der Waals surface area contributed by atoms with Gasteiger partial charge in [-0.15, -0.1) is 5.10 Å². The molecule has 0 aliphatic rings. The molecule has 7 heteroatoms. The van der Waals surface area contributed by atoms with Crippen molar-refractivity contribution in [2.45, 2.75) is 0 Å². The molecule has 0 saturated heterocycles. The van der Waals surface area contributed by atoms with Crippen LogP contribution in [-0.2, 0) is 0 Å². The molecule has 0 aliphatic heterocycles. The Bertz CT molecular complexity index is 441. The van der Waals surface area contributed by atoms with Gasteiger partial charge < -0.3 is 5.73 Å². The van der Waals surface area contributed by atoms with Crippen LogP contribution in [0, 0.1) is 0 Å². The Morgan fingerprint density at radius 3 is 3.09 bits per heavy atom. The Hall–Kier alpha value is -1.92. The van der Waals surface area contributed by atoms with Gasteiger partial charge in [0.05, 0.1) is 0 Å². The SMILES string of the molecule is Nc1nc(=O)[nH]c2[nH]nnc12. The Balaban J connectivity index is 3.02. The minimum absolute atomic E-state index is 0.0810. The number of anilines is 1. The average Bonchev–Trinajstić information content (AvgIpc) is 2.34. The van der Waals surface area contributed by atoms with Gasteiger partial charge in [-0.05, 0) is 0 Å². The highest BCUT2D eigenvalue weighted by atomic mass is 16.1. The molecular weight excluding hydrogens is 148 g/mol. The molecular formula is C4H4N6O. The lowest BCUT2D eigenvalue weighted by Gasteiger charge is -1.88. The standard InChI is InChI=1S/C4H4N6O/c5-2-1-3(9-10-8-1)7-4(11)6-2/h(H4,5,6,7,8,9,10,11). The topological polar surface area (TPSA) is 113 Å². The third-order valence-corrected chi connectivity index (χ3v) is 1.25. The van der Waals surface area contributed by atoms with Crippen molar-refractivity contribution >= 4 is 17.0 Å². The van der Waals surface area contributed by atoms with Gasteiger partial charge in [0.15, 0.2) is 17.0 Å². The molecule has 0 aromatic carbocycles. The Morgan fingerprint density at radius 2 is 2.27 bits per heavy atom. The minimum atomic E-state index is -0.513. The summed E-state index contributed by atoms with van der Waals surface area (Å²) >= 11 is 0. The number of nitrogens with two attached hydrogens (primary N) is 1. The second kappa shape index (κ2) is 1.78. The van der Waals surface area contributed by atoms with Crippen LogP contribution in [0.3, 0.4) is 0 Å². The smallest absolute Gasteiger partial charge is 0.348 e. The molecule has 2 aromatic heterocycles. The van der Waals surface area contributed by atoms with Crippen molar-refractivity contribution in [1.29, 1.82) is 0 Å².